The number of nitrogens with two attached hydrogens (primary N) is 1. The molecule has 0 bridgehead atoms. The average Bonchev–Trinajstić information content (AvgIpc) is 2.20. The van der Waals surface area contributed by atoms with Gasteiger partial charge in [-0.2, -0.15) is 0 Å². The number of nitrogen functional groups attached to an aromatic ring is 1. The first kappa shape index (κ1) is 9.21. The quantitative estimate of drug-likeness (QED) is 0.695. The zero-order valence-electron chi connectivity index (χ0n) is 8.18. The van der Waals surface area contributed by atoms with Gasteiger partial charge in [-0.3, -0.25) is 0 Å². The molecule has 1 atom stereocenters. The van der Waals surface area contributed by atoms with Gasteiger partial charge in [0.1, 0.15) is 0 Å². The third kappa shape index (κ3) is 1.77. The van der Waals surface area contributed by atoms with Crippen LogP contribution in [0.2, 0.25) is 0 Å². The molecule has 1 aliphatic rings. The standard InChI is InChI=1S/C9H14N4O/c1-7-6-14-3-2-13(7)9-11-4-8(10)5-12-9/h4-5,7H,2-3,6,10H2,1H3. The third-order valence-corrected chi connectivity index (χ3v) is 2.28. The molecule has 2 heterocycles. The molecule has 76 valence electrons. The van der Waals surface area contributed by atoms with Crippen LogP contribution in [0.25, 0.3) is 0 Å². The van der Waals surface area contributed by atoms with Gasteiger partial charge in [0, 0.05) is 6.54 Å². The molecule has 1 aromatic heterocycles. The number of hydrogen-bond donors (Lipinski definition) is 1. The summed E-state index contributed by atoms with van der Waals surface area (Å²) in [6.45, 7) is 4.40. The molecule has 14 heavy (non-hydrogen) atoms. The van der Waals surface area contributed by atoms with Gasteiger partial charge in [-0.15, -0.1) is 0 Å². The number of ether oxygens (including phenoxy) is 1. The molecule has 1 saturated heterocycles. The van der Waals surface area contributed by atoms with Crippen LogP contribution in [-0.4, -0.2) is 35.8 Å². The summed E-state index contributed by atoms with van der Waals surface area (Å²) < 4.78 is 5.34. The van der Waals surface area contributed by atoms with Gasteiger partial charge in [0.05, 0.1) is 37.3 Å². The van der Waals surface area contributed by atoms with Crippen molar-refractivity contribution in [3.63, 3.8) is 0 Å². The van der Waals surface area contributed by atoms with Gasteiger partial charge in [-0.05, 0) is 6.92 Å². The van der Waals surface area contributed by atoms with Crippen LogP contribution in [0.3, 0.4) is 0 Å². The van der Waals surface area contributed by atoms with Crippen LogP contribution < -0.4 is 10.6 Å². The lowest BCUT2D eigenvalue weighted by molar-refractivity contribution is 0.0981. The molecule has 5 nitrogen and oxygen atoms in total. The highest BCUT2D eigenvalue weighted by atomic mass is 16.5. The Morgan fingerprint density at radius 1 is 1.50 bits per heavy atom. The summed E-state index contributed by atoms with van der Waals surface area (Å²) in [5, 5.41) is 0. The molecule has 0 saturated carbocycles. The van der Waals surface area contributed by atoms with Crippen molar-refractivity contribution in [3.8, 4) is 0 Å². The topological polar surface area (TPSA) is 64.3 Å². The van der Waals surface area contributed by atoms with Gasteiger partial charge in [-0.25, -0.2) is 9.97 Å². The highest BCUT2D eigenvalue weighted by Crippen LogP contribution is 2.14. The molecule has 2 N–H and O–H groups in total. The summed E-state index contributed by atoms with van der Waals surface area (Å²) in [4.78, 5) is 10.5. The number of rotatable bonds is 1. The van der Waals surface area contributed by atoms with Crippen molar-refractivity contribution in [3.05, 3.63) is 12.4 Å². The average molecular weight is 194 g/mol. The normalized spacial score (nSPS) is 22.4. The number of nitrogens with zero attached hydrogens (tertiary/aromatic N) is 3. The Morgan fingerprint density at radius 2 is 2.21 bits per heavy atom. The van der Waals surface area contributed by atoms with E-state index in [1.807, 2.05) is 0 Å². The molecule has 5 heteroatoms. The maximum atomic E-state index is 5.52. The van der Waals surface area contributed by atoms with E-state index in [-0.39, 0.29) is 0 Å². The second-order valence-electron chi connectivity index (χ2n) is 3.43. The van der Waals surface area contributed by atoms with Crippen molar-refractivity contribution in [1.29, 1.82) is 0 Å². The van der Waals surface area contributed by atoms with Crippen molar-refractivity contribution >= 4 is 11.6 Å². The van der Waals surface area contributed by atoms with Crippen LogP contribution in [0, 0.1) is 0 Å². The van der Waals surface area contributed by atoms with Crippen LogP contribution in [0.5, 0.6) is 0 Å². The van der Waals surface area contributed by atoms with E-state index in [0.29, 0.717) is 11.7 Å². The minimum Gasteiger partial charge on any atom is -0.396 e. The number of anilines is 2. The van der Waals surface area contributed by atoms with Crippen molar-refractivity contribution in [2.24, 2.45) is 0 Å². The predicted octanol–water partition coefficient (Wildman–Crippen LogP) is 0.284. The fraction of sp³-hybridized carbons (Fsp3) is 0.556. The Morgan fingerprint density at radius 3 is 2.86 bits per heavy atom. The van der Waals surface area contributed by atoms with E-state index < -0.39 is 0 Å². The second-order valence-corrected chi connectivity index (χ2v) is 3.43. The molecule has 0 aromatic carbocycles. The summed E-state index contributed by atoms with van der Waals surface area (Å²) in [6.07, 6.45) is 3.26. The molecule has 1 aromatic rings. The fourth-order valence-corrected chi connectivity index (χ4v) is 1.50. The van der Waals surface area contributed by atoms with Crippen molar-refractivity contribution < 1.29 is 4.74 Å². The minimum absolute atomic E-state index is 0.326. The lowest BCUT2D eigenvalue weighted by atomic mass is 10.3. The molecule has 0 radical (unpaired) electrons. The zero-order valence-corrected chi connectivity index (χ0v) is 8.18. The molecule has 1 fully saturated rings. The zero-order chi connectivity index (χ0) is 9.97. The molecular weight excluding hydrogens is 180 g/mol. The van der Waals surface area contributed by atoms with E-state index in [0.717, 1.165) is 25.7 Å². The van der Waals surface area contributed by atoms with Crippen molar-refractivity contribution in [1.82, 2.24) is 9.97 Å². The van der Waals surface area contributed by atoms with E-state index >= 15 is 0 Å². The third-order valence-electron chi connectivity index (χ3n) is 2.28. The smallest absolute Gasteiger partial charge is 0.225 e. The van der Waals surface area contributed by atoms with Gasteiger partial charge in [0.25, 0.3) is 0 Å². The number of morpholine rings is 1. The van der Waals surface area contributed by atoms with Crippen LogP contribution in [-0.2, 0) is 4.74 Å². The highest BCUT2D eigenvalue weighted by Gasteiger charge is 2.20. The first-order valence-electron chi connectivity index (χ1n) is 4.69. The Balaban J connectivity index is 2.16. The molecule has 2 rings (SSSR count). The van der Waals surface area contributed by atoms with E-state index in [1.54, 1.807) is 12.4 Å². The number of hydrogen-bond acceptors (Lipinski definition) is 5. The summed E-state index contributed by atoms with van der Waals surface area (Å²) >= 11 is 0. The Kier molecular flexibility index (Phi) is 2.49. The van der Waals surface area contributed by atoms with Crippen LogP contribution in [0.15, 0.2) is 12.4 Å². The second kappa shape index (κ2) is 3.79. The molecule has 1 aliphatic heterocycles. The minimum atomic E-state index is 0.326. The van der Waals surface area contributed by atoms with E-state index in [4.69, 9.17) is 10.5 Å². The molecule has 0 spiro atoms. The lowest BCUT2D eigenvalue weighted by Gasteiger charge is -2.33. The fourth-order valence-electron chi connectivity index (χ4n) is 1.50. The Labute approximate surface area is 82.9 Å². The van der Waals surface area contributed by atoms with Crippen LogP contribution in [0.4, 0.5) is 11.6 Å². The van der Waals surface area contributed by atoms with Crippen molar-refractivity contribution in [2.75, 3.05) is 30.4 Å². The SMILES string of the molecule is CC1COCCN1c1ncc(N)cn1. The molecule has 1 unspecified atom stereocenters. The van der Waals surface area contributed by atoms with Gasteiger partial charge >= 0.3 is 0 Å². The summed E-state index contributed by atoms with van der Waals surface area (Å²) in [5.41, 5.74) is 6.11. The summed E-state index contributed by atoms with van der Waals surface area (Å²) in [7, 11) is 0. The van der Waals surface area contributed by atoms with E-state index in [9.17, 15) is 0 Å². The van der Waals surface area contributed by atoms with Gasteiger partial charge in [0.2, 0.25) is 5.95 Å². The highest BCUT2D eigenvalue weighted by molar-refractivity contribution is 5.38. The molecular formula is C9H14N4O. The van der Waals surface area contributed by atoms with Gasteiger partial charge in [-0.1, -0.05) is 0 Å². The first-order chi connectivity index (χ1) is 6.77. The largest absolute Gasteiger partial charge is 0.396 e. The predicted molar refractivity (Wildman–Crippen MR) is 54.1 cm³/mol. The maximum absolute atomic E-state index is 5.52. The lowest BCUT2D eigenvalue weighted by Crippen LogP contribution is -2.44. The maximum Gasteiger partial charge on any atom is 0.225 e. The number of aromatic nitrogens is 2. The Hall–Kier alpha value is -1.36. The van der Waals surface area contributed by atoms with E-state index in [1.165, 1.54) is 0 Å². The van der Waals surface area contributed by atoms with Gasteiger partial charge < -0.3 is 15.4 Å². The molecule has 0 amide bonds. The summed E-state index contributed by atoms with van der Waals surface area (Å²) in [6, 6.07) is 0.326. The van der Waals surface area contributed by atoms with Gasteiger partial charge in [0.15, 0.2) is 0 Å². The van der Waals surface area contributed by atoms with Crippen molar-refractivity contribution in [2.45, 2.75) is 13.0 Å². The van der Waals surface area contributed by atoms with E-state index in [2.05, 4.69) is 21.8 Å². The molecule has 0 aliphatic carbocycles. The first-order valence-corrected chi connectivity index (χ1v) is 4.69. The Bertz CT molecular complexity index is 300. The van der Waals surface area contributed by atoms with Crippen LogP contribution in [0.1, 0.15) is 6.92 Å². The monoisotopic (exact) mass is 194 g/mol. The summed E-state index contributed by atoms with van der Waals surface area (Å²) in [5.74, 6) is 0.731. The van der Waals surface area contributed by atoms with Crippen LogP contribution >= 0.6 is 0 Å².